The average molecular weight is 316 g/mol. The number of rotatable bonds is 8. The fourth-order valence-electron chi connectivity index (χ4n) is 1.68. The lowest BCUT2D eigenvalue weighted by Gasteiger charge is -2.16. The van der Waals surface area contributed by atoms with Crippen LogP contribution >= 0.6 is 0 Å². The van der Waals surface area contributed by atoms with Gasteiger partial charge in [-0.25, -0.2) is 8.42 Å². The van der Waals surface area contributed by atoms with Crippen LogP contribution in [-0.4, -0.2) is 43.3 Å². The summed E-state index contributed by atoms with van der Waals surface area (Å²) in [4.78, 5) is 11.1. The number of hydrogen-bond acceptors (Lipinski definition) is 5. The summed E-state index contributed by atoms with van der Waals surface area (Å²) in [6.45, 7) is 1.81. The second-order valence-electron chi connectivity index (χ2n) is 4.79. The number of aliphatic carboxylic acids is 1. The summed E-state index contributed by atoms with van der Waals surface area (Å²) in [5.41, 5.74) is 6.13. The minimum atomic E-state index is -3.92. The molecule has 5 N–H and O–H groups in total. The van der Waals surface area contributed by atoms with E-state index in [0.29, 0.717) is 0 Å². The van der Waals surface area contributed by atoms with Crippen molar-refractivity contribution in [2.24, 2.45) is 5.73 Å². The normalized spacial score (nSPS) is 14.6. The Kier molecular flexibility index (Phi) is 6.28. The van der Waals surface area contributed by atoms with Gasteiger partial charge in [-0.05, 0) is 31.9 Å². The van der Waals surface area contributed by atoms with Crippen molar-refractivity contribution < 1.29 is 23.4 Å². The van der Waals surface area contributed by atoms with Crippen molar-refractivity contribution >= 4 is 16.0 Å². The standard InChI is InChI=1S/C13H20N2O5S/c1-9-2-5-11(6-3-9)21(19,20)15-12(13(17)18)7-4-10(16)8-14/h2-3,5-6,10,12,15-16H,4,7-8,14H2,1H3,(H,17,18)/t10-,12+/m1/s1. The van der Waals surface area contributed by atoms with Crippen LogP contribution < -0.4 is 10.5 Å². The van der Waals surface area contributed by atoms with E-state index in [1.165, 1.54) is 12.1 Å². The van der Waals surface area contributed by atoms with Crippen LogP contribution in [0.5, 0.6) is 0 Å². The molecule has 0 aliphatic carbocycles. The Morgan fingerprint density at radius 3 is 2.33 bits per heavy atom. The van der Waals surface area contributed by atoms with Gasteiger partial charge < -0.3 is 15.9 Å². The first-order valence-electron chi connectivity index (χ1n) is 6.46. The van der Waals surface area contributed by atoms with E-state index in [1.807, 2.05) is 6.92 Å². The lowest BCUT2D eigenvalue weighted by Crippen LogP contribution is -2.41. The molecular weight excluding hydrogens is 296 g/mol. The van der Waals surface area contributed by atoms with Gasteiger partial charge in [-0.15, -0.1) is 0 Å². The second kappa shape index (κ2) is 7.51. The number of hydrogen-bond donors (Lipinski definition) is 4. The molecule has 1 aromatic rings. The molecule has 2 atom stereocenters. The molecule has 0 aliphatic heterocycles. The van der Waals surface area contributed by atoms with Crippen LogP contribution in [0.4, 0.5) is 0 Å². The van der Waals surface area contributed by atoms with Gasteiger partial charge in [0.05, 0.1) is 11.0 Å². The Morgan fingerprint density at radius 1 is 1.29 bits per heavy atom. The maximum Gasteiger partial charge on any atom is 0.321 e. The molecule has 0 aliphatic rings. The van der Waals surface area contributed by atoms with E-state index < -0.39 is 28.1 Å². The molecule has 0 fully saturated rings. The van der Waals surface area contributed by atoms with Crippen LogP contribution in [0.3, 0.4) is 0 Å². The van der Waals surface area contributed by atoms with E-state index in [9.17, 15) is 18.3 Å². The number of aliphatic hydroxyl groups is 1. The highest BCUT2D eigenvalue weighted by atomic mass is 32.2. The summed E-state index contributed by atoms with van der Waals surface area (Å²) in [5, 5.41) is 18.4. The van der Waals surface area contributed by atoms with Gasteiger partial charge in [0.1, 0.15) is 6.04 Å². The monoisotopic (exact) mass is 316 g/mol. The molecule has 1 rings (SSSR count). The minimum Gasteiger partial charge on any atom is -0.480 e. The third-order valence-electron chi connectivity index (χ3n) is 2.99. The fraction of sp³-hybridized carbons (Fsp3) is 0.462. The van der Waals surface area contributed by atoms with E-state index in [4.69, 9.17) is 10.8 Å². The first-order chi connectivity index (χ1) is 9.76. The molecule has 21 heavy (non-hydrogen) atoms. The third-order valence-corrected chi connectivity index (χ3v) is 4.48. The summed E-state index contributed by atoms with van der Waals surface area (Å²) in [6.07, 6.45) is -0.793. The molecule has 118 valence electrons. The largest absolute Gasteiger partial charge is 0.480 e. The van der Waals surface area contributed by atoms with Gasteiger partial charge in [0.15, 0.2) is 0 Å². The van der Waals surface area contributed by atoms with E-state index in [-0.39, 0.29) is 24.3 Å². The lowest BCUT2D eigenvalue weighted by atomic mass is 10.1. The van der Waals surface area contributed by atoms with Crippen molar-refractivity contribution in [3.8, 4) is 0 Å². The zero-order chi connectivity index (χ0) is 16.0. The van der Waals surface area contributed by atoms with E-state index in [2.05, 4.69) is 4.72 Å². The molecule has 0 amide bonds. The Balaban J connectivity index is 2.82. The van der Waals surface area contributed by atoms with Gasteiger partial charge in [0.25, 0.3) is 0 Å². The molecule has 0 saturated heterocycles. The molecule has 0 bridgehead atoms. The van der Waals surface area contributed by atoms with Crippen molar-refractivity contribution in [1.29, 1.82) is 0 Å². The number of aliphatic hydroxyl groups excluding tert-OH is 1. The van der Waals surface area contributed by atoms with Crippen LogP contribution in [-0.2, 0) is 14.8 Å². The van der Waals surface area contributed by atoms with Crippen LogP contribution in [0, 0.1) is 6.92 Å². The van der Waals surface area contributed by atoms with Crippen LogP contribution in [0.15, 0.2) is 29.2 Å². The Hall–Kier alpha value is -1.48. The Morgan fingerprint density at radius 2 is 1.86 bits per heavy atom. The van der Waals surface area contributed by atoms with Crippen molar-refractivity contribution in [3.05, 3.63) is 29.8 Å². The number of carbonyl (C=O) groups is 1. The Bertz CT molecular complexity index is 571. The minimum absolute atomic E-state index is 0.00118. The number of carboxylic acid groups (broad SMARTS) is 1. The zero-order valence-electron chi connectivity index (χ0n) is 11.7. The SMILES string of the molecule is Cc1ccc(S(=O)(=O)N[C@@H](CC[C@@H](O)CN)C(=O)O)cc1. The van der Waals surface area contributed by atoms with E-state index in [0.717, 1.165) is 5.56 Å². The molecule has 0 saturated carbocycles. The number of sulfonamides is 1. The number of nitrogens with two attached hydrogens (primary N) is 1. The molecular formula is C13H20N2O5S. The molecule has 0 spiro atoms. The quantitative estimate of drug-likeness (QED) is 0.527. The molecule has 0 aromatic heterocycles. The van der Waals surface area contributed by atoms with Crippen molar-refractivity contribution in [2.45, 2.75) is 36.8 Å². The molecule has 7 nitrogen and oxygen atoms in total. The van der Waals surface area contributed by atoms with Gasteiger partial charge >= 0.3 is 5.97 Å². The lowest BCUT2D eigenvalue weighted by molar-refractivity contribution is -0.139. The first-order valence-corrected chi connectivity index (χ1v) is 7.94. The van der Waals surface area contributed by atoms with Gasteiger partial charge in [-0.1, -0.05) is 17.7 Å². The van der Waals surface area contributed by atoms with Gasteiger partial charge in [0, 0.05) is 6.54 Å². The van der Waals surface area contributed by atoms with E-state index in [1.54, 1.807) is 12.1 Å². The molecule has 0 heterocycles. The number of benzene rings is 1. The highest BCUT2D eigenvalue weighted by molar-refractivity contribution is 7.89. The predicted octanol–water partition coefficient (Wildman–Crippen LogP) is -0.174. The topological polar surface area (TPSA) is 130 Å². The summed E-state index contributed by atoms with van der Waals surface area (Å²) >= 11 is 0. The maximum atomic E-state index is 12.1. The number of nitrogens with one attached hydrogen (secondary N) is 1. The van der Waals surface area contributed by atoms with Crippen molar-refractivity contribution in [3.63, 3.8) is 0 Å². The summed E-state index contributed by atoms with van der Waals surface area (Å²) in [6, 6.07) is 4.76. The smallest absolute Gasteiger partial charge is 0.321 e. The van der Waals surface area contributed by atoms with Gasteiger partial charge in [-0.2, -0.15) is 4.72 Å². The molecule has 1 aromatic carbocycles. The summed E-state index contributed by atoms with van der Waals surface area (Å²) in [5.74, 6) is -1.30. The van der Waals surface area contributed by atoms with Crippen LogP contribution in [0.1, 0.15) is 18.4 Å². The van der Waals surface area contributed by atoms with E-state index >= 15 is 0 Å². The molecule has 8 heteroatoms. The zero-order valence-corrected chi connectivity index (χ0v) is 12.5. The molecule has 0 unspecified atom stereocenters. The number of carboxylic acids is 1. The maximum absolute atomic E-state index is 12.1. The van der Waals surface area contributed by atoms with Crippen LogP contribution in [0.25, 0.3) is 0 Å². The fourth-order valence-corrected chi connectivity index (χ4v) is 2.91. The highest BCUT2D eigenvalue weighted by Gasteiger charge is 2.25. The van der Waals surface area contributed by atoms with Gasteiger partial charge in [-0.3, -0.25) is 4.79 Å². The first kappa shape index (κ1) is 17.6. The predicted molar refractivity (Wildman–Crippen MR) is 77.2 cm³/mol. The highest BCUT2D eigenvalue weighted by Crippen LogP contribution is 2.12. The van der Waals surface area contributed by atoms with Crippen molar-refractivity contribution in [1.82, 2.24) is 4.72 Å². The summed E-state index contributed by atoms with van der Waals surface area (Å²) < 4.78 is 26.4. The molecule has 0 radical (unpaired) electrons. The number of aryl methyl sites for hydroxylation is 1. The Labute approximate surface area is 123 Å². The van der Waals surface area contributed by atoms with Gasteiger partial charge in [0.2, 0.25) is 10.0 Å². The van der Waals surface area contributed by atoms with Crippen molar-refractivity contribution in [2.75, 3.05) is 6.54 Å². The summed E-state index contributed by atoms with van der Waals surface area (Å²) in [7, 11) is -3.92. The second-order valence-corrected chi connectivity index (χ2v) is 6.51. The third kappa shape index (κ3) is 5.43. The average Bonchev–Trinajstić information content (AvgIpc) is 2.43. The van der Waals surface area contributed by atoms with Crippen LogP contribution in [0.2, 0.25) is 0 Å².